The van der Waals surface area contributed by atoms with Gasteiger partial charge in [0.2, 0.25) is 0 Å². The van der Waals surface area contributed by atoms with Gasteiger partial charge in [0.15, 0.2) is 5.82 Å². The Hall–Kier alpha value is -1.49. The average Bonchev–Trinajstić information content (AvgIpc) is 2.28. The molecular formula is C11H21N5. The van der Waals surface area contributed by atoms with E-state index < -0.39 is 0 Å². The number of aromatic nitrogens is 1. The lowest BCUT2D eigenvalue weighted by Gasteiger charge is -2.22. The monoisotopic (exact) mass is 223 g/mol. The van der Waals surface area contributed by atoms with E-state index in [1.807, 2.05) is 44.2 Å². The lowest BCUT2D eigenvalue weighted by molar-refractivity contribution is 0.868. The highest BCUT2D eigenvalue weighted by atomic mass is 15.2. The summed E-state index contributed by atoms with van der Waals surface area (Å²) >= 11 is 0. The second-order valence-electron chi connectivity index (χ2n) is 3.92. The van der Waals surface area contributed by atoms with Gasteiger partial charge in [-0.3, -0.25) is 0 Å². The molecule has 0 aliphatic rings. The molecule has 90 valence electrons. The molecule has 0 bridgehead atoms. The first kappa shape index (κ1) is 12.6. The van der Waals surface area contributed by atoms with Crippen LogP contribution in [0.2, 0.25) is 0 Å². The van der Waals surface area contributed by atoms with Gasteiger partial charge in [0.05, 0.1) is 17.6 Å². The van der Waals surface area contributed by atoms with Crippen LogP contribution in [0.5, 0.6) is 0 Å². The van der Waals surface area contributed by atoms with Crippen LogP contribution in [-0.2, 0) is 0 Å². The Kier molecular flexibility index (Phi) is 4.37. The summed E-state index contributed by atoms with van der Waals surface area (Å²) in [5.74, 6) is 0.929. The molecule has 0 fully saturated rings. The van der Waals surface area contributed by atoms with E-state index in [2.05, 4.69) is 16.4 Å². The number of pyridine rings is 1. The molecule has 16 heavy (non-hydrogen) atoms. The molecule has 0 saturated carbocycles. The van der Waals surface area contributed by atoms with E-state index in [0.717, 1.165) is 23.7 Å². The summed E-state index contributed by atoms with van der Waals surface area (Å²) in [7, 11) is 7.89. The topological polar surface area (TPSA) is 57.4 Å². The predicted molar refractivity (Wildman–Crippen MR) is 70.4 cm³/mol. The molecule has 0 unspecified atom stereocenters. The van der Waals surface area contributed by atoms with Gasteiger partial charge in [0, 0.05) is 41.3 Å². The third-order valence-electron chi connectivity index (χ3n) is 2.46. The Labute approximate surface area is 97.3 Å². The number of hydrogen-bond donors (Lipinski definition) is 2. The van der Waals surface area contributed by atoms with Gasteiger partial charge in [-0.05, 0) is 6.07 Å². The van der Waals surface area contributed by atoms with Gasteiger partial charge in [-0.15, -0.1) is 0 Å². The van der Waals surface area contributed by atoms with Crippen LogP contribution in [0.1, 0.15) is 0 Å². The van der Waals surface area contributed by atoms with E-state index in [1.54, 1.807) is 0 Å². The Morgan fingerprint density at radius 1 is 1.38 bits per heavy atom. The number of rotatable bonds is 5. The van der Waals surface area contributed by atoms with Crippen LogP contribution in [0.15, 0.2) is 12.3 Å². The summed E-state index contributed by atoms with van der Waals surface area (Å²) in [5, 5.41) is 3.16. The normalized spacial score (nSPS) is 10.1. The van der Waals surface area contributed by atoms with E-state index >= 15 is 0 Å². The minimum Gasteiger partial charge on any atom is -0.385 e. The number of nitrogens with one attached hydrogen (secondary N) is 1. The summed E-state index contributed by atoms with van der Waals surface area (Å²) < 4.78 is 0. The van der Waals surface area contributed by atoms with Crippen LogP contribution in [0.4, 0.5) is 17.2 Å². The van der Waals surface area contributed by atoms with Crippen LogP contribution >= 0.6 is 0 Å². The van der Waals surface area contributed by atoms with Crippen LogP contribution in [0.3, 0.4) is 0 Å². The molecule has 1 aromatic rings. The van der Waals surface area contributed by atoms with Gasteiger partial charge in [0.25, 0.3) is 0 Å². The number of nitrogens with zero attached hydrogens (tertiary/aromatic N) is 3. The van der Waals surface area contributed by atoms with Crippen molar-refractivity contribution in [2.75, 3.05) is 56.4 Å². The quantitative estimate of drug-likeness (QED) is 0.765. The summed E-state index contributed by atoms with van der Waals surface area (Å²) in [4.78, 5) is 8.53. The Bertz CT molecular complexity index is 337. The molecule has 1 aromatic heterocycles. The number of nitrogens with two attached hydrogens (primary N) is 1. The number of anilines is 3. The summed E-state index contributed by atoms with van der Waals surface area (Å²) in [6, 6.07) is 2.08. The first-order valence-corrected chi connectivity index (χ1v) is 5.36. The highest BCUT2D eigenvalue weighted by Crippen LogP contribution is 2.25. The molecule has 1 heterocycles. The summed E-state index contributed by atoms with van der Waals surface area (Å²) in [6.07, 6.45) is 1.86. The van der Waals surface area contributed by atoms with Crippen molar-refractivity contribution in [2.45, 2.75) is 0 Å². The zero-order valence-electron chi connectivity index (χ0n) is 10.5. The Balaban J connectivity index is 3.01. The molecule has 0 saturated heterocycles. The van der Waals surface area contributed by atoms with E-state index in [-0.39, 0.29) is 0 Å². The third-order valence-corrected chi connectivity index (χ3v) is 2.46. The lowest BCUT2D eigenvalue weighted by atomic mass is 10.3. The van der Waals surface area contributed by atoms with Gasteiger partial charge in [-0.25, -0.2) is 4.98 Å². The summed E-state index contributed by atoms with van der Waals surface area (Å²) in [5.41, 5.74) is 7.63. The highest BCUT2D eigenvalue weighted by molar-refractivity contribution is 5.70. The second-order valence-corrected chi connectivity index (χ2v) is 3.92. The van der Waals surface area contributed by atoms with Crippen molar-refractivity contribution < 1.29 is 0 Å². The van der Waals surface area contributed by atoms with Crippen LogP contribution in [-0.4, -0.2) is 46.3 Å². The molecule has 0 aliphatic heterocycles. The molecule has 0 atom stereocenters. The van der Waals surface area contributed by atoms with Crippen LogP contribution < -0.4 is 20.9 Å². The van der Waals surface area contributed by atoms with E-state index in [0.29, 0.717) is 6.54 Å². The van der Waals surface area contributed by atoms with Gasteiger partial charge in [-0.1, -0.05) is 0 Å². The summed E-state index contributed by atoms with van der Waals surface area (Å²) in [6.45, 7) is 1.42. The van der Waals surface area contributed by atoms with Gasteiger partial charge >= 0.3 is 0 Å². The standard InChI is InChI=1S/C11H21N5/c1-13-10-7-9(15(2)3)8-14-11(10)16(4)6-5-12/h7-8,13H,5-6,12H2,1-4H3. The molecule has 0 radical (unpaired) electrons. The van der Waals surface area contributed by atoms with Crippen LogP contribution in [0.25, 0.3) is 0 Å². The Morgan fingerprint density at radius 2 is 2.06 bits per heavy atom. The van der Waals surface area contributed by atoms with Gasteiger partial charge < -0.3 is 20.9 Å². The van der Waals surface area contributed by atoms with Gasteiger partial charge in [0.1, 0.15) is 0 Å². The fourth-order valence-corrected chi connectivity index (χ4v) is 1.48. The van der Waals surface area contributed by atoms with E-state index in [1.165, 1.54) is 0 Å². The molecule has 5 nitrogen and oxygen atoms in total. The number of hydrogen-bond acceptors (Lipinski definition) is 5. The molecule has 5 heteroatoms. The van der Waals surface area contributed by atoms with Crippen molar-refractivity contribution in [3.63, 3.8) is 0 Å². The van der Waals surface area contributed by atoms with Crippen molar-refractivity contribution >= 4 is 17.2 Å². The molecule has 0 amide bonds. The fraction of sp³-hybridized carbons (Fsp3) is 0.545. The zero-order valence-corrected chi connectivity index (χ0v) is 10.5. The third kappa shape index (κ3) is 2.76. The molecular weight excluding hydrogens is 202 g/mol. The van der Waals surface area contributed by atoms with Crippen molar-refractivity contribution in [1.82, 2.24) is 4.98 Å². The van der Waals surface area contributed by atoms with Crippen molar-refractivity contribution in [3.05, 3.63) is 12.3 Å². The maximum absolute atomic E-state index is 5.54. The maximum Gasteiger partial charge on any atom is 0.151 e. The average molecular weight is 223 g/mol. The molecule has 0 spiro atoms. The molecule has 0 aromatic carbocycles. The molecule has 3 N–H and O–H groups in total. The zero-order chi connectivity index (χ0) is 12.1. The fourth-order valence-electron chi connectivity index (χ4n) is 1.48. The highest BCUT2D eigenvalue weighted by Gasteiger charge is 2.09. The largest absolute Gasteiger partial charge is 0.385 e. The smallest absolute Gasteiger partial charge is 0.151 e. The first-order valence-electron chi connectivity index (χ1n) is 5.36. The maximum atomic E-state index is 5.54. The minimum atomic E-state index is 0.622. The predicted octanol–water partition coefficient (Wildman–Crippen LogP) is 0.584. The molecule has 0 aliphatic carbocycles. The first-order chi connectivity index (χ1) is 7.60. The van der Waals surface area contributed by atoms with Crippen LogP contribution in [0, 0.1) is 0 Å². The van der Waals surface area contributed by atoms with Crippen molar-refractivity contribution in [3.8, 4) is 0 Å². The second kappa shape index (κ2) is 5.55. The Morgan fingerprint density at radius 3 is 2.56 bits per heavy atom. The van der Waals surface area contributed by atoms with Crippen molar-refractivity contribution in [1.29, 1.82) is 0 Å². The van der Waals surface area contributed by atoms with E-state index in [9.17, 15) is 0 Å². The lowest BCUT2D eigenvalue weighted by Crippen LogP contribution is -2.26. The minimum absolute atomic E-state index is 0.622. The van der Waals surface area contributed by atoms with Crippen molar-refractivity contribution in [2.24, 2.45) is 5.73 Å². The van der Waals surface area contributed by atoms with E-state index in [4.69, 9.17) is 5.73 Å². The number of likely N-dealkylation sites (N-methyl/N-ethyl adjacent to an activating group) is 1. The van der Waals surface area contributed by atoms with Gasteiger partial charge in [-0.2, -0.15) is 0 Å². The molecule has 1 rings (SSSR count). The SMILES string of the molecule is CNc1cc(N(C)C)cnc1N(C)CCN.